The summed E-state index contributed by atoms with van der Waals surface area (Å²) in [6, 6.07) is 4.16. The van der Waals surface area contributed by atoms with E-state index in [1.165, 1.54) is 6.33 Å². The van der Waals surface area contributed by atoms with Crippen LogP contribution in [0.3, 0.4) is 0 Å². The van der Waals surface area contributed by atoms with Gasteiger partial charge in [0.25, 0.3) is 0 Å². The highest BCUT2D eigenvalue weighted by Crippen LogP contribution is 2.41. The molecule has 12 heteroatoms. The Morgan fingerprint density at radius 2 is 1.87 bits per heavy atom. The van der Waals surface area contributed by atoms with E-state index in [-0.39, 0.29) is 17.4 Å². The number of aromatic nitrogens is 5. The van der Waals surface area contributed by atoms with Crippen molar-refractivity contribution in [3.05, 3.63) is 31.0 Å². The molecule has 10 nitrogen and oxygen atoms in total. The zero-order valence-electron chi connectivity index (χ0n) is 24.5. The van der Waals surface area contributed by atoms with Crippen LogP contribution >= 0.6 is 0 Å². The van der Waals surface area contributed by atoms with Crippen molar-refractivity contribution in [3.63, 3.8) is 0 Å². The monoisotopic (exact) mass is 568 g/mol. The number of hydrogen-bond donors (Lipinski definition) is 0. The van der Waals surface area contributed by atoms with Gasteiger partial charge in [-0.2, -0.15) is 10.4 Å². The summed E-state index contributed by atoms with van der Waals surface area (Å²) in [7, 11) is -4.74. The van der Waals surface area contributed by atoms with Crippen LogP contribution in [0.25, 0.3) is 22.3 Å². The Kier molecular flexibility index (Phi) is 7.19. The van der Waals surface area contributed by atoms with Crippen LogP contribution in [-0.2, 0) is 15.5 Å². The molecule has 1 atom stereocenters. The lowest BCUT2D eigenvalue weighted by Gasteiger charge is -2.50. The largest absolute Gasteiger partial charge is 0.273 e. The third kappa shape index (κ3) is 5.07. The Morgan fingerprint density at radius 1 is 1.21 bits per heavy atom. The van der Waals surface area contributed by atoms with Crippen molar-refractivity contribution < 1.29 is 9.00 Å². The van der Waals surface area contributed by atoms with Crippen molar-refractivity contribution in [2.75, 3.05) is 18.8 Å². The van der Waals surface area contributed by atoms with E-state index in [2.05, 4.69) is 55.0 Å². The molecular formula is C27H40N8O2SSi. The number of carbonyl (C=O) groups excluding carboxylic acids is 1. The fourth-order valence-electron chi connectivity index (χ4n) is 4.51. The van der Waals surface area contributed by atoms with Crippen molar-refractivity contribution in [2.24, 2.45) is 9.44 Å². The lowest BCUT2D eigenvalue weighted by Crippen LogP contribution is -2.64. The van der Waals surface area contributed by atoms with Gasteiger partial charge in [0, 0.05) is 47.6 Å². The maximum atomic E-state index is 14.1. The van der Waals surface area contributed by atoms with Gasteiger partial charge in [-0.3, -0.25) is 18.1 Å². The van der Waals surface area contributed by atoms with Crippen LogP contribution in [0.1, 0.15) is 59.7 Å². The molecule has 0 amide bonds. The molecule has 1 aliphatic rings. The zero-order chi connectivity index (χ0) is 29.0. The third-order valence-corrected chi connectivity index (χ3v) is 16.5. The van der Waals surface area contributed by atoms with Gasteiger partial charge in [-0.05, 0) is 24.2 Å². The molecule has 0 spiro atoms. The Bertz CT molecular complexity index is 1570. The van der Waals surface area contributed by atoms with Gasteiger partial charge in [0.15, 0.2) is 13.9 Å². The third-order valence-electron chi connectivity index (χ3n) is 8.02. The van der Waals surface area contributed by atoms with Gasteiger partial charge in [0.05, 0.1) is 24.4 Å². The molecule has 0 radical (unpaired) electrons. The molecule has 4 heterocycles. The fourth-order valence-corrected chi connectivity index (χ4v) is 10.7. The minimum atomic E-state index is -2.58. The normalized spacial score (nSPS) is 17.8. The molecule has 1 fully saturated rings. The summed E-state index contributed by atoms with van der Waals surface area (Å²) in [6.07, 6.45) is 7.03. The first-order valence-corrected chi connectivity index (χ1v) is 17.9. The summed E-state index contributed by atoms with van der Waals surface area (Å²) < 4.78 is 24.4. The number of nitrogens with zero attached hydrogens (tertiary/aromatic N) is 8. The summed E-state index contributed by atoms with van der Waals surface area (Å²) in [5.41, 5.74) is 0.815. The van der Waals surface area contributed by atoms with Gasteiger partial charge in [0.1, 0.15) is 21.8 Å². The number of nitriles is 1. The molecule has 0 aliphatic carbocycles. The lowest BCUT2D eigenvalue weighted by molar-refractivity contribution is 0.0751. The van der Waals surface area contributed by atoms with Gasteiger partial charge in [-0.1, -0.05) is 48.5 Å². The average Bonchev–Trinajstić information content (AvgIpc) is 3.46. The molecule has 39 heavy (non-hydrogen) atoms. The van der Waals surface area contributed by atoms with Gasteiger partial charge in [-0.15, -0.1) is 0 Å². The Labute approximate surface area is 232 Å². The van der Waals surface area contributed by atoms with E-state index in [0.29, 0.717) is 30.2 Å². The predicted octanol–water partition coefficient (Wildman–Crippen LogP) is 5.31. The molecule has 1 aliphatic heterocycles. The second-order valence-electron chi connectivity index (χ2n) is 13.0. The fraction of sp³-hybridized carbons (Fsp3) is 0.593. The van der Waals surface area contributed by atoms with E-state index >= 15 is 0 Å². The lowest BCUT2D eigenvalue weighted by atomic mass is 9.89. The summed E-state index contributed by atoms with van der Waals surface area (Å²) in [6.45, 7) is 19.2. The smallest absolute Gasteiger partial charge is 0.237 e. The summed E-state index contributed by atoms with van der Waals surface area (Å²) in [5, 5.41) is 15.1. The molecule has 0 N–H and O–H groups in total. The van der Waals surface area contributed by atoms with Crippen molar-refractivity contribution in [3.8, 4) is 17.3 Å². The highest BCUT2D eigenvalue weighted by atomic mass is 32.2. The second kappa shape index (κ2) is 9.64. The van der Waals surface area contributed by atoms with Gasteiger partial charge >= 0.3 is 0 Å². The van der Waals surface area contributed by atoms with E-state index in [9.17, 15) is 14.3 Å². The first-order valence-electron chi connectivity index (χ1n) is 13.3. The topological polar surface area (TPSA) is 122 Å². The SMILES string of the molecule is CCS(=O)(=N[Si](C)(C)C(C)(C)C)N1CC(CC#N)(n2cc(-c3ncnc4c3ccn4C(=O)C(C)(C)C)cn2)C1. The molecule has 0 bridgehead atoms. The van der Waals surface area contributed by atoms with E-state index in [0.717, 1.165) is 10.9 Å². The van der Waals surface area contributed by atoms with Crippen LogP contribution in [-0.4, -0.2) is 65.8 Å². The Hall–Kier alpha value is -2.88. The van der Waals surface area contributed by atoms with Crippen molar-refractivity contribution in [2.45, 2.75) is 78.6 Å². The van der Waals surface area contributed by atoms with E-state index in [4.69, 9.17) is 4.03 Å². The molecule has 1 saturated heterocycles. The summed E-state index contributed by atoms with van der Waals surface area (Å²) in [4.78, 5) is 21.8. The van der Waals surface area contributed by atoms with Gasteiger partial charge in [0.2, 0.25) is 5.91 Å². The number of hydrogen-bond acceptors (Lipinski definition) is 7. The molecule has 4 rings (SSSR count). The van der Waals surface area contributed by atoms with Crippen molar-refractivity contribution >= 4 is 35.1 Å². The molecule has 210 valence electrons. The maximum absolute atomic E-state index is 14.1. The predicted molar refractivity (Wildman–Crippen MR) is 157 cm³/mol. The Balaban J connectivity index is 1.68. The number of rotatable bonds is 6. The standard InChI is InChI=1S/C27H40N8O2SSi/c1-10-38(37,32-39(8,9)26(5,6)7)33-17-27(18-33,12-13-28)35-16-20(15-31-35)22-21-11-14-34(23(21)30-19-29-22)24(36)25(2,3)4/h11,14-16,19H,10,12,17-18H2,1-9H3. The quantitative estimate of drug-likeness (QED) is 0.371. The number of carbonyl (C=O) groups is 1. The van der Waals surface area contributed by atoms with Crippen molar-refractivity contribution in [1.29, 1.82) is 5.26 Å². The molecule has 0 aromatic carbocycles. The van der Waals surface area contributed by atoms with Crippen LogP contribution in [0.2, 0.25) is 18.1 Å². The average molecular weight is 569 g/mol. The molecule has 3 aromatic heterocycles. The van der Waals surface area contributed by atoms with Crippen molar-refractivity contribution in [1.82, 2.24) is 28.6 Å². The molecule has 1 unspecified atom stereocenters. The maximum Gasteiger partial charge on any atom is 0.237 e. The zero-order valence-corrected chi connectivity index (χ0v) is 26.3. The first kappa shape index (κ1) is 29.1. The first-order chi connectivity index (χ1) is 18.0. The number of fused-ring (bicyclic) bond motifs is 1. The minimum Gasteiger partial charge on any atom is -0.273 e. The van der Waals surface area contributed by atoms with Crippen LogP contribution in [0, 0.1) is 16.7 Å². The molecular weight excluding hydrogens is 529 g/mol. The van der Waals surface area contributed by atoms with Gasteiger partial charge in [-0.25, -0.2) is 18.5 Å². The second-order valence-corrected chi connectivity index (χ2v) is 20.7. The van der Waals surface area contributed by atoms with E-state index in [1.807, 2.05) is 48.9 Å². The van der Waals surface area contributed by atoms with E-state index < -0.39 is 29.1 Å². The van der Waals surface area contributed by atoms with Crippen LogP contribution < -0.4 is 0 Å². The van der Waals surface area contributed by atoms with Gasteiger partial charge < -0.3 is 0 Å². The molecule has 0 saturated carbocycles. The van der Waals surface area contributed by atoms with E-state index in [1.54, 1.807) is 17.0 Å². The Morgan fingerprint density at radius 3 is 2.44 bits per heavy atom. The van der Waals surface area contributed by atoms with Crippen LogP contribution in [0.5, 0.6) is 0 Å². The van der Waals surface area contributed by atoms with Crippen LogP contribution in [0.4, 0.5) is 0 Å². The highest BCUT2D eigenvalue weighted by Gasteiger charge is 2.50. The highest BCUT2D eigenvalue weighted by molar-refractivity contribution is 7.92. The molecule has 3 aromatic rings. The summed E-state index contributed by atoms with van der Waals surface area (Å²) >= 11 is 0. The van der Waals surface area contributed by atoms with Crippen LogP contribution in [0.15, 0.2) is 35.0 Å². The summed E-state index contributed by atoms with van der Waals surface area (Å²) in [5.74, 6) is 0.387. The minimum absolute atomic E-state index is 0.0182.